The molecule has 2 atom stereocenters. The van der Waals surface area contributed by atoms with E-state index in [1.54, 1.807) is 30.0 Å². The number of esters is 1. The van der Waals surface area contributed by atoms with Crippen LogP contribution in [0.2, 0.25) is 5.02 Å². The van der Waals surface area contributed by atoms with Gasteiger partial charge in [-0.3, -0.25) is 9.69 Å². The zero-order valence-electron chi connectivity index (χ0n) is 20.1. The van der Waals surface area contributed by atoms with E-state index >= 15 is 0 Å². The Kier molecular flexibility index (Phi) is 9.73. The first-order valence-corrected chi connectivity index (χ1v) is 11.9. The van der Waals surface area contributed by atoms with E-state index in [1.165, 1.54) is 13.2 Å². The molecule has 2 aromatic carbocycles. The third-order valence-corrected chi connectivity index (χ3v) is 6.23. The first kappa shape index (κ1) is 27.9. The first-order chi connectivity index (χ1) is 17.1. The molecule has 2 aromatic rings. The fraction of sp³-hybridized carbons (Fsp3) is 0.370. The summed E-state index contributed by atoms with van der Waals surface area (Å²) in [7, 11) is 1.28. The molecule has 9 heteroatoms. The van der Waals surface area contributed by atoms with Crippen molar-refractivity contribution in [3.63, 3.8) is 0 Å². The molecule has 0 aromatic heterocycles. The van der Waals surface area contributed by atoms with E-state index in [9.17, 15) is 23.1 Å². The van der Waals surface area contributed by atoms with Gasteiger partial charge in [0.05, 0.1) is 20.1 Å². The van der Waals surface area contributed by atoms with Gasteiger partial charge < -0.3 is 14.6 Å². The number of hydrogen-bond donors (Lipinski definition) is 1. The van der Waals surface area contributed by atoms with Crippen molar-refractivity contribution < 1.29 is 32.5 Å². The molecule has 0 saturated heterocycles. The molecule has 3 rings (SSSR count). The van der Waals surface area contributed by atoms with Gasteiger partial charge in [-0.1, -0.05) is 67.1 Å². The van der Waals surface area contributed by atoms with E-state index < -0.39 is 30.1 Å². The van der Waals surface area contributed by atoms with Crippen LogP contribution in [0.25, 0.3) is 5.57 Å². The average molecular weight is 524 g/mol. The molecule has 36 heavy (non-hydrogen) atoms. The van der Waals surface area contributed by atoms with E-state index in [1.807, 2.05) is 30.3 Å². The fourth-order valence-corrected chi connectivity index (χ4v) is 4.40. The number of aliphatic hydroxyl groups excluding tert-OH is 1. The normalized spacial score (nSPS) is 16.9. The van der Waals surface area contributed by atoms with E-state index in [0.717, 1.165) is 11.6 Å². The van der Waals surface area contributed by atoms with Gasteiger partial charge >= 0.3 is 12.1 Å². The van der Waals surface area contributed by atoms with Crippen molar-refractivity contribution in [3.05, 3.63) is 88.0 Å². The van der Waals surface area contributed by atoms with Crippen molar-refractivity contribution in [1.29, 1.82) is 0 Å². The second-order valence-electron chi connectivity index (χ2n) is 8.52. The molecular formula is C27H29ClF3NO4. The Morgan fingerprint density at radius 3 is 2.53 bits per heavy atom. The molecule has 0 fully saturated rings. The predicted octanol–water partition coefficient (Wildman–Crippen LogP) is 5.76. The number of rotatable bonds is 10. The number of allylic oxidation sites excluding steroid dienone is 3. The summed E-state index contributed by atoms with van der Waals surface area (Å²) in [4.78, 5) is 13.3. The minimum atomic E-state index is -4.47. The monoisotopic (exact) mass is 523 g/mol. The van der Waals surface area contributed by atoms with Gasteiger partial charge in [0.1, 0.15) is 0 Å². The Morgan fingerprint density at radius 1 is 1.17 bits per heavy atom. The molecule has 0 radical (unpaired) electrons. The maximum absolute atomic E-state index is 13.6. The summed E-state index contributed by atoms with van der Waals surface area (Å²) < 4.78 is 51.1. The van der Waals surface area contributed by atoms with Crippen LogP contribution in [-0.4, -0.2) is 48.8 Å². The zero-order valence-corrected chi connectivity index (χ0v) is 20.9. The smallest absolute Gasteiger partial charge is 0.412 e. The number of ether oxygens (including phenoxy) is 2. The second-order valence-corrected chi connectivity index (χ2v) is 8.96. The number of benzene rings is 2. The molecule has 0 bridgehead atoms. The van der Waals surface area contributed by atoms with E-state index in [2.05, 4.69) is 0 Å². The standard InChI is InChI=1S/C27H29ClF3NO4/c1-3-32(26(34)36-17-18-7-5-4-6-8-18)16-21-14-22(27(29,30)31)9-10-24(21)20-11-19(12-23(28)15-20)13-25(33)35-2/h4-12,15,21,26,34H,3,13-14,16-17H2,1-2H3. The van der Waals surface area contributed by atoms with Gasteiger partial charge in [-0.25, -0.2) is 0 Å². The molecule has 1 aliphatic rings. The molecular weight excluding hydrogens is 495 g/mol. The third kappa shape index (κ3) is 7.67. The quantitative estimate of drug-likeness (QED) is 0.317. The van der Waals surface area contributed by atoms with Crippen LogP contribution in [0.15, 0.2) is 66.3 Å². The van der Waals surface area contributed by atoms with Crippen LogP contribution in [-0.2, 0) is 27.3 Å². The van der Waals surface area contributed by atoms with Crippen LogP contribution >= 0.6 is 11.6 Å². The summed E-state index contributed by atoms with van der Waals surface area (Å²) in [5.41, 5.74) is 2.05. The second kappa shape index (κ2) is 12.5. The summed E-state index contributed by atoms with van der Waals surface area (Å²) in [6.07, 6.45) is -3.54. The van der Waals surface area contributed by atoms with E-state index in [-0.39, 0.29) is 26.0 Å². The highest BCUT2D eigenvalue weighted by molar-refractivity contribution is 6.30. The van der Waals surface area contributed by atoms with Gasteiger partial charge in [-0.2, -0.15) is 13.2 Å². The van der Waals surface area contributed by atoms with Gasteiger partial charge in [0.15, 0.2) is 0 Å². The van der Waals surface area contributed by atoms with Crippen LogP contribution < -0.4 is 0 Å². The number of hydrogen-bond acceptors (Lipinski definition) is 5. The lowest BCUT2D eigenvalue weighted by atomic mass is 9.82. The Morgan fingerprint density at radius 2 is 1.89 bits per heavy atom. The van der Waals surface area contributed by atoms with Crippen molar-refractivity contribution in [3.8, 4) is 0 Å². The van der Waals surface area contributed by atoms with Crippen molar-refractivity contribution in [2.45, 2.75) is 39.0 Å². The lowest BCUT2D eigenvalue weighted by molar-refractivity contribution is -0.200. The number of carbonyl (C=O) groups excluding carboxylic acids is 1. The van der Waals surface area contributed by atoms with Crippen molar-refractivity contribution in [2.75, 3.05) is 20.2 Å². The molecule has 1 aliphatic carbocycles. The summed E-state index contributed by atoms with van der Waals surface area (Å²) in [6, 6.07) is 14.3. The molecule has 0 spiro atoms. The molecule has 1 N–H and O–H groups in total. The highest BCUT2D eigenvalue weighted by Gasteiger charge is 2.38. The number of carbonyl (C=O) groups is 1. The number of alkyl halides is 3. The largest absolute Gasteiger partial charge is 0.469 e. The molecule has 0 saturated carbocycles. The summed E-state index contributed by atoms with van der Waals surface area (Å²) in [5.74, 6) is -1.06. The van der Waals surface area contributed by atoms with Gasteiger partial charge in [0.2, 0.25) is 6.41 Å². The number of nitrogens with zero attached hydrogens (tertiary/aromatic N) is 1. The molecule has 2 unspecified atom stereocenters. The minimum Gasteiger partial charge on any atom is -0.469 e. The highest BCUT2D eigenvalue weighted by atomic mass is 35.5. The van der Waals surface area contributed by atoms with E-state index in [0.29, 0.717) is 28.3 Å². The van der Waals surface area contributed by atoms with Crippen molar-refractivity contribution in [2.24, 2.45) is 5.92 Å². The lowest BCUT2D eigenvalue weighted by Crippen LogP contribution is -2.41. The van der Waals surface area contributed by atoms with Gasteiger partial charge in [0.25, 0.3) is 0 Å². The van der Waals surface area contributed by atoms with Gasteiger partial charge in [0, 0.05) is 23.1 Å². The molecule has 0 amide bonds. The van der Waals surface area contributed by atoms with Crippen LogP contribution in [0.1, 0.15) is 30.0 Å². The molecule has 0 heterocycles. The molecule has 194 valence electrons. The Bertz CT molecular complexity index is 1100. The van der Waals surface area contributed by atoms with Gasteiger partial charge in [-0.15, -0.1) is 0 Å². The summed E-state index contributed by atoms with van der Waals surface area (Å²) in [6.45, 7) is 2.43. The van der Waals surface area contributed by atoms with E-state index in [4.69, 9.17) is 21.1 Å². The Labute approximate surface area is 213 Å². The average Bonchev–Trinajstić information content (AvgIpc) is 2.85. The van der Waals surface area contributed by atoms with Crippen LogP contribution in [0.4, 0.5) is 13.2 Å². The number of halogens is 4. The maximum Gasteiger partial charge on any atom is 0.412 e. The zero-order chi connectivity index (χ0) is 26.3. The SMILES string of the molecule is CCN(CC1CC(C(F)(F)F)=CC=C1c1cc(Cl)cc(CC(=O)OC)c1)C(O)OCc1ccccc1. The number of aliphatic hydroxyl groups is 1. The number of methoxy groups -OCH3 is 1. The van der Waals surface area contributed by atoms with Crippen LogP contribution in [0.3, 0.4) is 0 Å². The summed E-state index contributed by atoms with van der Waals surface area (Å²) in [5, 5.41) is 11.0. The highest BCUT2D eigenvalue weighted by Crippen LogP contribution is 2.40. The molecule has 0 aliphatic heterocycles. The maximum atomic E-state index is 13.6. The van der Waals surface area contributed by atoms with Crippen molar-refractivity contribution >= 4 is 23.1 Å². The Balaban J connectivity index is 1.86. The van der Waals surface area contributed by atoms with Gasteiger partial charge in [-0.05, 0) is 47.4 Å². The predicted molar refractivity (Wildman–Crippen MR) is 132 cm³/mol. The van der Waals surface area contributed by atoms with Crippen LogP contribution in [0.5, 0.6) is 0 Å². The minimum absolute atomic E-state index is 0.0151. The summed E-state index contributed by atoms with van der Waals surface area (Å²) >= 11 is 6.28. The fourth-order valence-electron chi connectivity index (χ4n) is 4.14. The Hall–Kier alpha value is -2.65. The molecule has 5 nitrogen and oxygen atoms in total. The first-order valence-electron chi connectivity index (χ1n) is 11.5. The van der Waals surface area contributed by atoms with Crippen LogP contribution in [0, 0.1) is 5.92 Å². The lowest BCUT2D eigenvalue weighted by Gasteiger charge is -2.33. The third-order valence-electron chi connectivity index (χ3n) is 6.02. The topological polar surface area (TPSA) is 59.0 Å². The van der Waals surface area contributed by atoms with Crippen molar-refractivity contribution in [1.82, 2.24) is 4.90 Å².